The summed E-state index contributed by atoms with van der Waals surface area (Å²) < 4.78 is 0. The number of hydrogen-bond donors (Lipinski definition) is 1. The molecule has 0 amide bonds. The highest BCUT2D eigenvalue weighted by molar-refractivity contribution is 5.04. The normalized spacial score (nSPS) is 24.5. The van der Waals surface area contributed by atoms with E-state index in [2.05, 4.69) is 27.3 Å². The van der Waals surface area contributed by atoms with Crippen LogP contribution in [0.5, 0.6) is 0 Å². The fourth-order valence-electron chi connectivity index (χ4n) is 2.98. The van der Waals surface area contributed by atoms with Crippen LogP contribution in [0.3, 0.4) is 0 Å². The standard InChI is InChI=1S/C16H25N3/c1-3-10-17-14(5-1)9-12-19-11-4-2-6-16(19)13-18-15-7-8-15/h1,3,5,10,15-16,18H,2,4,6-9,11-13H2. The molecular weight excluding hydrogens is 234 g/mol. The molecule has 19 heavy (non-hydrogen) atoms. The Kier molecular flexibility index (Phi) is 4.46. The highest BCUT2D eigenvalue weighted by Gasteiger charge is 2.26. The molecule has 1 N–H and O–H groups in total. The molecule has 1 saturated carbocycles. The van der Waals surface area contributed by atoms with E-state index in [-0.39, 0.29) is 0 Å². The van der Waals surface area contributed by atoms with E-state index in [1.807, 2.05) is 12.3 Å². The van der Waals surface area contributed by atoms with Gasteiger partial charge in [-0.05, 0) is 44.4 Å². The van der Waals surface area contributed by atoms with E-state index in [1.54, 1.807) is 0 Å². The van der Waals surface area contributed by atoms with Crippen LogP contribution in [0, 0.1) is 0 Å². The number of likely N-dealkylation sites (tertiary alicyclic amines) is 1. The Morgan fingerprint density at radius 2 is 2.16 bits per heavy atom. The minimum Gasteiger partial charge on any atom is -0.312 e. The first-order chi connectivity index (χ1) is 9.42. The Morgan fingerprint density at radius 3 is 2.95 bits per heavy atom. The third-order valence-electron chi connectivity index (χ3n) is 4.35. The summed E-state index contributed by atoms with van der Waals surface area (Å²) in [5, 5.41) is 3.70. The minimum atomic E-state index is 0.748. The van der Waals surface area contributed by atoms with Gasteiger partial charge in [0.2, 0.25) is 0 Å². The molecule has 2 aliphatic rings. The predicted molar refractivity (Wildman–Crippen MR) is 78.2 cm³/mol. The molecule has 1 aromatic rings. The predicted octanol–water partition coefficient (Wildman–Crippen LogP) is 2.23. The first-order valence-electron chi connectivity index (χ1n) is 7.79. The molecule has 1 atom stereocenters. The number of nitrogens with zero attached hydrogens (tertiary/aromatic N) is 2. The van der Waals surface area contributed by atoms with Crippen molar-refractivity contribution in [1.29, 1.82) is 0 Å². The quantitative estimate of drug-likeness (QED) is 0.849. The van der Waals surface area contributed by atoms with Crippen molar-refractivity contribution in [3.8, 4) is 0 Å². The third-order valence-corrected chi connectivity index (χ3v) is 4.35. The minimum absolute atomic E-state index is 0.748. The molecule has 3 nitrogen and oxygen atoms in total. The molecule has 1 aliphatic heterocycles. The lowest BCUT2D eigenvalue weighted by molar-refractivity contribution is 0.146. The summed E-state index contributed by atoms with van der Waals surface area (Å²) in [6, 6.07) is 7.80. The SMILES string of the molecule is c1ccc(CCN2CCCCC2CNC2CC2)nc1. The van der Waals surface area contributed by atoms with Crippen LogP contribution in [0.25, 0.3) is 0 Å². The van der Waals surface area contributed by atoms with Crippen molar-refractivity contribution >= 4 is 0 Å². The zero-order chi connectivity index (χ0) is 12.9. The zero-order valence-electron chi connectivity index (χ0n) is 11.7. The van der Waals surface area contributed by atoms with E-state index in [0.29, 0.717) is 0 Å². The van der Waals surface area contributed by atoms with Crippen LogP contribution in [0.2, 0.25) is 0 Å². The molecule has 2 heterocycles. The monoisotopic (exact) mass is 259 g/mol. The molecule has 2 fully saturated rings. The van der Waals surface area contributed by atoms with E-state index in [4.69, 9.17) is 0 Å². The molecular formula is C16H25N3. The largest absolute Gasteiger partial charge is 0.312 e. The van der Waals surface area contributed by atoms with Gasteiger partial charge in [-0.1, -0.05) is 12.5 Å². The van der Waals surface area contributed by atoms with Crippen molar-refractivity contribution in [1.82, 2.24) is 15.2 Å². The lowest BCUT2D eigenvalue weighted by Crippen LogP contribution is -2.46. The highest BCUT2D eigenvalue weighted by Crippen LogP contribution is 2.21. The Labute approximate surface area is 116 Å². The molecule has 3 heteroatoms. The van der Waals surface area contributed by atoms with E-state index in [0.717, 1.165) is 25.0 Å². The molecule has 0 spiro atoms. The second-order valence-corrected chi connectivity index (χ2v) is 5.94. The average molecular weight is 259 g/mol. The summed E-state index contributed by atoms with van der Waals surface area (Å²) in [7, 11) is 0. The van der Waals surface area contributed by atoms with Crippen LogP contribution in [-0.2, 0) is 6.42 Å². The maximum absolute atomic E-state index is 4.43. The van der Waals surface area contributed by atoms with Crippen molar-refractivity contribution < 1.29 is 0 Å². The first kappa shape index (κ1) is 13.1. The molecule has 0 radical (unpaired) electrons. The van der Waals surface area contributed by atoms with Gasteiger partial charge in [-0.2, -0.15) is 0 Å². The highest BCUT2D eigenvalue weighted by atomic mass is 15.2. The second-order valence-electron chi connectivity index (χ2n) is 5.94. The van der Waals surface area contributed by atoms with E-state index in [1.165, 1.54) is 50.9 Å². The Balaban J connectivity index is 1.48. The van der Waals surface area contributed by atoms with Crippen LogP contribution in [0.4, 0.5) is 0 Å². The van der Waals surface area contributed by atoms with Gasteiger partial charge in [0.25, 0.3) is 0 Å². The van der Waals surface area contributed by atoms with Crippen molar-refractivity contribution in [2.24, 2.45) is 0 Å². The summed E-state index contributed by atoms with van der Waals surface area (Å²) in [4.78, 5) is 7.10. The van der Waals surface area contributed by atoms with Crippen LogP contribution < -0.4 is 5.32 Å². The molecule has 3 rings (SSSR count). The summed E-state index contributed by atoms with van der Waals surface area (Å²) >= 11 is 0. The van der Waals surface area contributed by atoms with Crippen LogP contribution >= 0.6 is 0 Å². The van der Waals surface area contributed by atoms with Gasteiger partial charge in [0.15, 0.2) is 0 Å². The van der Waals surface area contributed by atoms with Gasteiger partial charge in [0, 0.05) is 43.5 Å². The lowest BCUT2D eigenvalue weighted by Gasteiger charge is -2.36. The van der Waals surface area contributed by atoms with Gasteiger partial charge >= 0.3 is 0 Å². The number of aromatic nitrogens is 1. The summed E-state index contributed by atoms with van der Waals surface area (Å²) in [6.07, 6.45) is 9.89. The molecule has 0 bridgehead atoms. The Morgan fingerprint density at radius 1 is 1.21 bits per heavy atom. The number of rotatable bonds is 6. The average Bonchev–Trinajstić information content (AvgIpc) is 3.29. The third kappa shape index (κ3) is 4.02. The fourth-order valence-corrected chi connectivity index (χ4v) is 2.98. The van der Waals surface area contributed by atoms with Crippen molar-refractivity contribution in [2.75, 3.05) is 19.6 Å². The van der Waals surface area contributed by atoms with E-state index >= 15 is 0 Å². The van der Waals surface area contributed by atoms with Crippen LogP contribution in [0.15, 0.2) is 24.4 Å². The number of pyridine rings is 1. The molecule has 1 aromatic heterocycles. The summed E-state index contributed by atoms with van der Waals surface area (Å²) in [6.45, 7) is 3.62. The number of piperidine rings is 1. The second kappa shape index (κ2) is 6.49. The fraction of sp³-hybridized carbons (Fsp3) is 0.688. The van der Waals surface area contributed by atoms with Gasteiger partial charge in [-0.3, -0.25) is 9.88 Å². The van der Waals surface area contributed by atoms with Gasteiger partial charge in [-0.25, -0.2) is 0 Å². The van der Waals surface area contributed by atoms with Crippen LogP contribution in [-0.4, -0.2) is 41.6 Å². The van der Waals surface area contributed by atoms with Gasteiger partial charge in [0.05, 0.1) is 0 Å². The van der Waals surface area contributed by atoms with Crippen molar-refractivity contribution in [2.45, 2.75) is 50.6 Å². The Hall–Kier alpha value is -0.930. The van der Waals surface area contributed by atoms with Gasteiger partial charge in [-0.15, -0.1) is 0 Å². The maximum atomic E-state index is 4.43. The molecule has 1 unspecified atom stereocenters. The summed E-state index contributed by atoms with van der Waals surface area (Å²) in [5.74, 6) is 0. The topological polar surface area (TPSA) is 28.2 Å². The van der Waals surface area contributed by atoms with Crippen LogP contribution in [0.1, 0.15) is 37.8 Å². The number of hydrogen-bond acceptors (Lipinski definition) is 3. The number of nitrogens with one attached hydrogen (secondary N) is 1. The van der Waals surface area contributed by atoms with E-state index in [9.17, 15) is 0 Å². The maximum Gasteiger partial charge on any atom is 0.0416 e. The Bertz CT molecular complexity index is 375. The smallest absolute Gasteiger partial charge is 0.0416 e. The van der Waals surface area contributed by atoms with Gasteiger partial charge in [0.1, 0.15) is 0 Å². The van der Waals surface area contributed by atoms with Crippen molar-refractivity contribution in [3.63, 3.8) is 0 Å². The molecule has 104 valence electrons. The first-order valence-corrected chi connectivity index (χ1v) is 7.79. The zero-order valence-corrected chi connectivity index (χ0v) is 11.7. The van der Waals surface area contributed by atoms with Crippen molar-refractivity contribution in [3.05, 3.63) is 30.1 Å². The molecule has 1 aliphatic carbocycles. The van der Waals surface area contributed by atoms with Gasteiger partial charge < -0.3 is 5.32 Å². The summed E-state index contributed by atoms with van der Waals surface area (Å²) in [5.41, 5.74) is 1.22. The lowest BCUT2D eigenvalue weighted by atomic mass is 10.0. The molecule has 0 aromatic carbocycles. The molecule has 1 saturated heterocycles. The van der Waals surface area contributed by atoms with E-state index < -0.39 is 0 Å².